The number of pyridine rings is 1. The van der Waals surface area contributed by atoms with E-state index >= 15 is 0 Å². The molecule has 1 aromatic heterocycles. The van der Waals surface area contributed by atoms with Gasteiger partial charge in [-0.2, -0.15) is 0 Å². The summed E-state index contributed by atoms with van der Waals surface area (Å²) in [4.78, 5) is 4.51. The molecular weight excluding hydrogens is 273 g/mol. The monoisotopic (exact) mass is 283 g/mol. The summed E-state index contributed by atoms with van der Waals surface area (Å²) < 4.78 is 13.1. The minimum Gasteiger partial charge on any atom is -0.248 e. The van der Waals surface area contributed by atoms with E-state index < -0.39 is 0 Å². The molecule has 0 aliphatic rings. The lowest BCUT2D eigenvalue weighted by Gasteiger charge is -2.00. The molecule has 0 fully saturated rings. The van der Waals surface area contributed by atoms with E-state index in [4.69, 9.17) is 11.6 Å². The SMILES string of the molecule is Fc1cccc(/C=C/c2ccc3ccc(Cl)cc3n2)c1. The number of halogens is 2. The summed E-state index contributed by atoms with van der Waals surface area (Å²) >= 11 is 5.96. The summed E-state index contributed by atoms with van der Waals surface area (Å²) in [5, 5.41) is 1.70. The summed E-state index contributed by atoms with van der Waals surface area (Å²) in [6.07, 6.45) is 3.69. The van der Waals surface area contributed by atoms with Crippen molar-refractivity contribution in [3.63, 3.8) is 0 Å². The molecule has 20 heavy (non-hydrogen) atoms. The maximum Gasteiger partial charge on any atom is 0.123 e. The summed E-state index contributed by atoms with van der Waals surface area (Å²) in [6, 6.07) is 16.0. The standard InChI is InChI=1S/C17H11ClFN/c18-14-7-5-13-6-9-16(20-17(13)11-14)8-4-12-2-1-3-15(19)10-12/h1-11H/b8-4+. The van der Waals surface area contributed by atoms with Crippen molar-refractivity contribution < 1.29 is 4.39 Å². The van der Waals surface area contributed by atoms with E-state index in [0.717, 1.165) is 22.2 Å². The Morgan fingerprint density at radius 2 is 1.80 bits per heavy atom. The molecule has 0 unspecified atom stereocenters. The molecule has 0 saturated heterocycles. The van der Waals surface area contributed by atoms with Gasteiger partial charge in [-0.25, -0.2) is 9.37 Å². The molecule has 1 heterocycles. The Kier molecular flexibility index (Phi) is 3.48. The molecule has 2 aromatic carbocycles. The van der Waals surface area contributed by atoms with E-state index in [2.05, 4.69) is 4.98 Å². The first-order chi connectivity index (χ1) is 9.70. The number of hydrogen-bond donors (Lipinski definition) is 0. The molecule has 3 aromatic rings. The maximum atomic E-state index is 13.1. The molecular formula is C17H11ClFN. The third kappa shape index (κ3) is 2.86. The van der Waals surface area contributed by atoms with Gasteiger partial charge in [-0.05, 0) is 42.0 Å². The van der Waals surface area contributed by atoms with Crippen molar-refractivity contribution in [3.8, 4) is 0 Å². The van der Waals surface area contributed by atoms with Crippen molar-refractivity contribution in [2.24, 2.45) is 0 Å². The van der Waals surface area contributed by atoms with Gasteiger partial charge in [0.1, 0.15) is 5.82 Å². The van der Waals surface area contributed by atoms with Crippen molar-refractivity contribution in [2.45, 2.75) is 0 Å². The van der Waals surface area contributed by atoms with Crippen LogP contribution in [0.1, 0.15) is 11.3 Å². The van der Waals surface area contributed by atoms with Crippen LogP contribution in [0, 0.1) is 5.82 Å². The molecule has 0 aliphatic heterocycles. The molecule has 0 atom stereocenters. The predicted octanol–water partition coefficient (Wildman–Crippen LogP) is 5.20. The Balaban J connectivity index is 1.94. The largest absolute Gasteiger partial charge is 0.248 e. The topological polar surface area (TPSA) is 12.9 Å². The van der Waals surface area contributed by atoms with Crippen LogP contribution in [0.25, 0.3) is 23.1 Å². The van der Waals surface area contributed by atoms with E-state index in [1.807, 2.05) is 48.6 Å². The van der Waals surface area contributed by atoms with Gasteiger partial charge >= 0.3 is 0 Å². The van der Waals surface area contributed by atoms with Gasteiger partial charge in [0.15, 0.2) is 0 Å². The molecule has 1 nitrogen and oxygen atoms in total. The molecule has 0 radical (unpaired) electrons. The van der Waals surface area contributed by atoms with Gasteiger partial charge in [-0.1, -0.05) is 41.9 Å². The van der Waals surface area contributed by atoms with Crippen LogP contribution in [0.15, 0.2) is 54.6 Å². The zero-order valence-electron chi connectivity index (χ0n) is 10.6. The molecule has 98 valence electrons. The first-order valence-corrected chi connectivity index (χ1v) is 6.58. The van der Waals surface area contributed by atoms with Crippen molar-refractivity contribution in [3.05, 3.63) is 76.7 Å². The second kappa shape index (κ2) is 5.43. The summed E-state index contributed by atoms with van der Waals surface area (Å²) in [5.41, 5.74) is 2.46. The van der Waals surface area contributed by atoms with Gasteiger partial charge in [-0.15, -0.1) is 0 Å². The van der Waals surface area contributed by atoms with Gasteiger partial charge in [0.25, 0.3) is 0 Å². The van der Waals surface area contributed by atoms with Crippen LogP contribution in [0.2, 0.25) is 5.02 Å². The van der Waals surface area contributed by atoms with Gasteiger partial charge in [0.2, 0.25) is 0 Å². The van der Waals surface area contributed by atoms with Crippen LogP contribution in [0.3, 0.4) is 0 Å². The van der Waals surface area contributed by atoms with Crippen LogP contribution in [0.5, 0.6) is 0 Å². The molecule has 3 heteroatoms. The number of rotatable bonds is 2. The maximum absolute atomic E-state index is 13.1. The van der Waals surface area contributed by atoms with Gasteiger partial charge < -0.3 is 0 Å². The lowest BCUT2D eigenvalue weighted by Crippen LogP contribution is -1.83. The fourth-order valence-corrected chi connectivity index (χ4v) is 2.16. The minimum absolute atomic E-state index is 0.245. The van der Waals surface area contributed by atoms with Crippen molar-refractivity contribution in [2.75, 3.05) is 0 Å². The number of aromatic nitrogens is 1. The lowest BCUT2D eigenvalue weighted by molar-refractivity contribution is 0.627. The van der Waals surface area contributed by atoms with Gasteiger partial charge in [-0.3, -0.25) is 0 Å². The highest BCUT2D eigenvalue weighted by Crippen LogP contribution is 2.18. The number of fused-ring (bicyclic) bond motifs is 1. The third-order valence-electron chi connectivity index (χ3n) is 2.97. The number of nitrogens with zero attached hydrogens (tertiary/aromatic N) is 1. The van der Waals surface area contributed by atoms with Gasteiger partial charge in [0, 0.05) is 10.4 Å². The van der Waals surface area contributed by atoms with Crippen LogP contribution < -0.4 is 0 Å². The smallest absolute Gasteiger partial charge is 0.123 e. The summed E-state index contributed by atoms with van der Waals surface area (Å²) in [5.74, 6) is -0.245. The molecule has 3 rings (SSSR count). The predicted molar refractivity (Wildman–Crippen MR) is 82.1 cm³/mol. The van der Waals surface area contributed by atoms with E-state index in [9.17, 15) is 4.39 Å². The van der Waals surface area contributed by atoms with E-state index in [1.54, 1.807) is 6.07 Å². The second-order valence-electron chi connectivity index (χ2n) is 4.46. The Morgan fingerprint density at radius 3 is 2.65 bits per heavy atom. The highest BCUT2D eigenvalue weighted by atomic mass is 35.5. The second-order valence-corrected chi connectivity index (χ2v) is 4.90. The van der Waals surface area contributed by atoms with E-state index in [-0.39, 0.29) is 5.82 Å². The molecule has 0 amide bonds. The summed E-state index contributed by atoms with van der Waals surface area (Å²) in [6.45, 7) is 0. The Morgan fingerprint density at radius 1 is 0.950 bits per heavy atom. The molecule has 0 spiro atoms. The van der Waals surface area contributed by atoms with E-state index in [1.165, 1.54) is 12.1 Å². The van der Waals surface area contributed by atoms with Crippen LogP contribution in [-0.2, 0) is 0 Å². The quantitative estimate of drug-likeness (QED) is 0.630. The van der Waals surface area contributed by atoms with Crippen LogP contribution in [0.4, 0.5) is 4.39 Å². The average molecular weight is 284 g/mol. The number of hydrogen-bond acceptors (Lipinski definition) is 1. The Bertz CT molecular complexity index is 796. The van der Waals surface area contributed by atoms with Crippen molar-refractivity contribution in [1.82, 2.24) is 4.98 Å². The first kappa shape index (κ1) is 12.8. The highest BCUT2D eigenvalue weighted by molar-refractivity contribution is 6.31. The normalized spacial score (nSPS) is 11.3. The Labute approximate surface area is 121 Å². The van der Waals surface area contributed by atoms with Gasteiger partial charge in [0.05, 0.1) is 11.2 Å². The molecule has 0 saturated carbocycles. The highest BCUT2D eigenvalue weighted by Gasteiger charge is 1.97. The average Bonchev–Trinajstić information content (AvgIpc) is 2.45. The molecule has 0 N–H and O–H groups in total. The summed E-state index contributed by atoms with van der Waals surface area (Å²) in [7, 11) is 0. The van der Waals surface area contributed by atoms with E-state index in [0.29, 0.717) is 5.02 Å². The minimum atomic E-state index is -0.245. The first-order valence-electron chi connectivity index (χ1n) is 6.21. The van der Waals surface area contributed by atoms with Crippen LogP contribution >= 0.6 is 11.6 Å². The van der Waals surface area contributed by atoms with Crippen molar-refractivity contribution >= 4 is 34.7 Å². The fourth-order valence-electron chi connectivity index (χ4n) is 1.99. The zero-order valence-corrected chi connectivity index (χ0v) is 11.3. The third-order valence-corrected chi connectivity index (χ3v) is 3.21. The zero-order chi connectivity index (χ0) is 13.9. The molecule has 0 aliphatic carbocycles. The van der Waals surface area contributed by atoms with Crippen molar-refractivity contribution in [1.29, 1.82) is 0 Å². The Hall–Kier alpha value is -2.19. The molecule has 0 bridgehead atoms. The lowest BCUT2D eigenvalue weighted by atomic mass is 10.1. The fraction of sp³-hybridized carbons (Fsp3) is 0. The number of benzene rings is 2. The van der Waals surface area contributed by atoms with Crippen LogP contribution in [-0.4, -0.2) is 4.98 Å².